The second-order valence-electron chi connectivity index (χ2n) is 5.00. The molecule has 6 N–H and O–H groups in total. The van der Waals surface area contributed by atoms with Gasteiger partial charge >= 0.3 is 0 Å². The Kier molecular flexibility index (Phi) is 4.05. The highest BCUT2D eigenvalue weighted by Gasteiger charge is 2.19. The monoisotopic (exact) mass is 250 g/mol. The summed E-state index contributed by atoms with van der Waals surface area (Å²) in [6.07, 6.45) is 0. The van der Waals surface area contributed by atoms with Crippen molar-refractivity contribution in [3.63, 3.8) is 0 Å². The SMILES string of the molecule is CC(C)(C)c1cc(C(=O)NN)cc(C(=O)NN)c1. The molecule has 1 rings (SSSR count). The lowest BCUT2D eigenvalue weighted by Crippen LogP contribution is -2.32. The topological polar surface area (TPSA) is 110 Å². The minimum Gasteiger partial charge on any atom is -0.290 e. The van der Waals surface area contributed by atoms with E-state index in [-0.39, 0.29) is 5.41 Å². The molecule has 6 heteroatoms. The quantitative estimate of drug-likeness (QED) is 0.341. The lowest BCUT2D eigenvalue weighted by molar-refractivity contribution is 0.0953. The highest BCUT2D eigenvalue weighted by atomic mass is 16.2. The van der Waals surface area contributed by atoms with Crippen LogP contribution in [0.15, 0.2) is 18.2 Å². The number of benzene rings is 1. The van der Waals surface area contributed by atoms with Gasteiger partial charge in [0.2, 0.25) is 0 Å². The summed E-state index contributed by atoms with van der Waals surface area (Å²) in [5.41, 5.74) is 5.38. The van der Waals surface area contributed by atoms with Crippen LogP contribution in [-0.2, 0) is 5.41 Å². The smallest absolute Gasteiger partial charge is 0.265 e. The van der Waals surface area contributed by atoms with Gasteiger partial charge in [-0.1, -0.05) is 20.8 Å². The minimum absolute atomic E-state index is 0.200. The Hall–Kier alpha value is -1.92. The standard InChI is InChI=1S/C12H18N4O2/c1-12(2,3)9-5-7(10(17)15-13)4-8(6-9)11(18)16-14/h4-6H,13-14H2,1-3H3,(H,15,17)(H,16,18). The Labute approximate surface area is 106 Å². The summed E-state index contributed by atoms with van der Waals surface area (Å²) in [7, 11) is 0. The summed E-state index contributed by atoms with van der Waals surface area (Å²) < 4.78 is 0. The third kappa shape index (κ3) is 3.06. The van der Waals surface area contributed by atoms with E-state index in [0.29, 0.717) is 11.1 Å². The van der Waals surface area contributed by atoms with Gasteiger partial charge in [0.15, 0.2) is 0 Å². The largest absolute Gasteiger partial charge is 0.290 e. The summed E-state index contributed by atoms with van der Waals surface area (Å²) in [4.78, 5) is 23.1. The van der Waals surface area contributed by atoms with E-state index in [9.17, 15) is 9.59 Å². The number of carbonyl (C=O) groups is 2. The molecule has 0 aliphatic rings. The molecule has 6 nitrogen and oxygen atoms in total. The zero-order valence-electron chi connectivity index (χ0n) is 10.7. The van der Waals surface area contributed by atoms with Crippen LogP contribution in [-0.4, -0.2) is 11.8 Å². The minimum atomic E-state index is -0.452. The van der Waals surface area contributed by atoms with Crippen molar-refractivity contribution in [3.05, 3.63) is 34.9 Å². The normalized spacial score (nSPS) is 10.9. The van der Waals surface area contributed by atoms with Crippen LogP contribution in [0.2, 0.25) is 0 Å². The molecule has 0 aliphatic heterocycles. The van der Waals surface area contributed by atoms with E-state index in [0.717, 1.165) is 5.56 Å². The molecule has 0 aromatic heterocycles. The molecule has 2 amide bonds. The number of nitrogen functional groups attached to an aromatic ring is 2. The molecule has 0 saturated heterocycles. The number of nitrogens with one attached hydrogen (secondary N) is 2. The van der Waals surface area contributed by atoms with E-state index < -0.39 is 11.8 Å². The molecular formula is C12H18N4O2. The van der Waals surface area contributed by atoms with Gasteiger partial charge in [-0.15, -0.1) is 0 Å². The summed E-state index contributed by atoms with van der Waals surface area (Å²) in [5, 5.41) is 0. The van der Waals surface area contributed by atoms with Crippen LogP contribution in [0.4, 0.5) is 0 Å². The van der Waals surface area contributed by atoms with Crippen LogP contribution in [0.3, 0.4) is 0 Å². The Balaban J connectivity index is 3.38. The van der Waals surface area contributed by atoms with Crippen LogP contribution in [0, 0.1) is 0 Å². The first kappa shape index (κ1) is 14.1. The molecule has 0 heterocycles. The lowest BCUT2D eigenvalue weighted by atomic mass is 9.85. The third-order valence-electron chi connectivity index (χ3n) is 2.59. The zero-order valence-corrected chi connectivity index (χ0v) is 10.7. The predicted molar refractivity (Wildman–Crippen MR) is 68.4 cm³/mol. The van der Waals surface area contributed by atoms with Crippen molar-refractivity contribution in [1.82, 2.24) is 10.9 Å². The van der Waals surface area contributed by atoms with Gasteiger partial charge in [0.05, 0.1) is 0 Å². The number of nitrogens with two attached hydrogens (primary N) is 2. The first-order valence-electron chi connectivity index (χ1n) is 5.47. The number of hydrogen-bond acceptors (Lipinski definition) is 4. The van der Waals surface area contributed by atoms with Crippen molar-refractivity contribution >= 4 is 11.8 Å². The maximum absolute atomic E-state index is 11.6. The van der Waals surface area contributed by atoms with Crippen molar-refractivity contribution in [3.8, 4) is 0 Å². The molecule has 0 fully saturated rings. The summed E-state index contributed by atoms with van der Waals surface area (Å²) in [5.74, 6) is 9.29. The van der Waals surface area contributed by atoms with Crippen molar-refractivity contribution in [1.29, 1.82) is 0 Å². The zero-order chi connectivity index (χ0) is 13.9. The Bertz CT molecular complexity index is 443. The van der Waals surface area contributed by atoms with Gasteiger partial charge in [0, 0.05) is 11.1 Å². The van der Waals surface area contributed by atoms with Gasteiger partial charge in [0.1, 0.15) is 0 Å². The average molecular weight is 250 g/mol. The van der Waals surface area contributed by atoms with Crippen molar-refractivity contribution < 1.29 is 9.59 Å². The van der Waals surface area contributed by atoms with Crippen LogP contribution in [0.25, 0.3) is 0 Å². The van der Waals surface area contributed by atoms with Gasteiger partial charge in [0.25, 0.3) is 11.8 Å². The molecule has 0 saturated carbocycles. The van der Waals surface area contributed by atoms with Gasteiger partial charge in [-0.05, 0) is 29.2 Å². The molecule has 0 radical (unpaired) electrons. The highest BCUT2D eigenvalue weighted by molar-refractivity contribution is 5.99. The molecule has 0 unspecified atom stereocenters. The van der Waals surface area contributed by atoms with E-state index >= 15 is 0 Å². The van der Waals surface area contributed by atoms with Crippen molar-refractivity contribution in [2.45, 2.75) is 26.2 Å². The third-order valence-corrected chi connectivity index (χ3v) is 2.59. The Morgan fingerprint density at radius 3 is 1.61 bits per heavy atom. The molecule has 98 valence electrons. The first-order valence-corrected chi connectivity index (χ1v) is 5.47. The average Bonchev–Trinajstić information content (AvgIpc) is 2.35. The molecule has 1 aromatic rings. The highest BCUT2D eigenvalue weighted by Crippen LogP contribution is 2.24. The molecule has 0 bridgehead atoms. The first-order chi connectivity index (χ1) is 8.29. The van der Waals surface area contributed by atoms with Crippen LogP contribution in [0.1, 0.15) is 47.1 Å². The fourth-order valence-electron chi connectivity index (χ4n) is 1.49. The number of hydrogen-bond donors (Lipinski definition) is 4. The molecule has 0 spiro atoms. The van der Waals surface area contributed by atoms with Crippen LogP contribution in [0.5, 0.6) is 0 Å². The van der Waals surface area contributed by atoms with Crippen LogP contribution < -0.4 is 22.5 Å². The predicted octanol–water partition coefficient (Wildman–Crippen LogP) is 0.191. The summed E-state index contributed by atoms with van der Waals surface area (Å²) in [6.45, 7) is 5.95. The Morgan fingerprint density at radius 2 is 1.33 bits per heavy atom. The molecule has 1 aromatic carbocycles. The molecular weight excluding hydrogens is 232 g/mol. The van der Waals surface area contributed by atoms with E-state index in [1.54, 1.807) is 12.1 Å². The number of rotatable bonds is 2. The number of amides is 2. The second kappa shape index (κ2) is 5.16. The van der Waals surface area contributed by atoms with Gasteiger partial charge in [-0.2, -0.15) is 0 Å². The van der Waals surface area contributed by atoms with Gasteiger partial charge in [-0.25, -0.2) is 11.7 Å². The van der Waals surface area contributed by atoms with Crippen molar-refractivity contribution in [2.24, 2.45) is 11.7 Å². The van der Waals surface area contributed by atoms with E-state index in [4.69, 9.17) is 11.7 Å². The lowest BCUT2D eigenvalue weighted by Gasteiger charge is -2.20. The van der Waals surface area contributed by atoms with E-state index in [1.165, 1.54) is 6.07 Å². The van der Waals surface area contributed by atoms with Crippen LogP contribution >= 0.6 is 0 Å². The van der Waals surface area contributed by atoms with Crippen molar-refractivity contribution in [2.75, 3.05) is 0 Å². The maximum atomic E-state index is 11.6. The summed E-state index contributed by atoms with van der Waals surface area (Å²) in [6, 6.07) is 4.85. The Morgan fingerprint density at radius 1 is 0.944 bits per heavy atom. The van der Waals surface area contributed by atoms with Gasteiger partial charge in [-0.3, -0.25) is 20.4 Å². The number of hydrazine groups is 2. The van der Waals surface area contributed by atoms with E-state index in [2.05, 4.69) is 0 Å². The number of carbonyl (C=O) groups excluding carboxylic acids is 2. The molecule has 0 atom stereocenters. The molecule has 0 aliphatic carbocycles. The second-order valence-corrected chi connectivity index (χ2v) is 5.00. The van der Waals surface area contributed by atoms with E-state index in [1.807, 2.05) is 31.6 Å². The fourth-order valence-corrected chi connectivity index (χ4v) is 1.49. The van der Waals surface area contributed by atoms with Gasteiger partial charge < -0.3 is 0 Å². The fraction of sp³-hybridized carbons (Fsp3) is 0.333. The summed E-state index contributed by atoms with van der Waals surface area (Å²) >= 11 is 0. The molecule has 18 heavy (non-hydrogen) atoms. The maximum Gasteiger partial charge on any atom is 0.265 e.